The van der Waals surface area contributed by atoms with Crippen LogP contribution in [0.3, 0.4) is 0 Å². The summed E-state index contributed by atoms with van der Waals surface area (Å²) in [7, 11) is 3.48. The van der Waals surface area contributed by atoms with Crippen molar-refractivity contribution in [3.8, 4) is 0 Å². The van der Waals surface area contributed by atoms with Crippen LogP contribution in [0, 0.1) is 5.92 Å². The Labute approximate surface area is 141 Å². The summed E-state index contributed by atoms with van der Waals surface area (Å²) in [4.78, 5) is 14.7. The predicted octanol–water partition coefficient (Wildman–Crippen LogP) is 2.97. The second-order valence-corrected chi connectivity index (χ2v) is 6.87. The molecule has 0 atom stereocenters. The zero-order chi connectivity index (χ0) is 16.8. The predicted molar refractivity (Wildman–Crippen MR) is 92.7 cm³/mol. The highest BCUT2D eigenvalue weighted by Crippen LogP contribution is 2.15. The standard InChI is InChI=1S/C17H25N3O2S/c1-13(2)9-15-10-16(19(3)18-15)17(21)20(6-7-22-4)11-14-5-8-23-12-14/h5,8,10,12-13H,6-7,9,11H2,1-4H3. The van der Waals surface area contributed by atoms with Gasteiger partial charge in [-0.15, -0.1) is 0 Å². The van der Waals surface area contributed by atoms with Gasteiger partial charge >= 0.3 is 0 Å². The molecule has 2 heterocycles. The number of aryl methyl sites for hydroxylation is 1. The highest BCUT2D eigenvalue weighted by Gasteiger charge is 2.21. The Morgan fingerprint density at radius 3 is 2.87 bits per heavy atom. The molecule has 0 aliphatic heterocycles. The molecule has 0 bridgehead atoms. The van der Waals surface area contributed by atoms with Crippen molar-refractivity contribution in [2.24, 2.45) is 13.0 Å². The molecule has 126 valence electrons. The first-order chi connectivity index (χ1) is 11.0. The molecule has 0 unspecified atom stereocenters. The summed E-state index contributed by atoms with van der Waals surface area (Å²) in [6.07, 6.45) is 0.879. The van der Waals surface area contributed by atoms with Crippen LogP contribution in [0.1, 0.15) is 35.6 Å². The molecule has 2 aromatic heterocycles. The molecule has 2 rings (SSSR count). The van der Waals surface area contributed by atoms with Crippen LogP contribution in [0.15, 0.2) is 22.9 Å². The van der Waals surface area contributed by atoms with Gasteiger partial charge in [0.05, 0.1) is 12.3 Å². The fourth-order valence-electron chi connectivity index (χ4n) is 2.46. The van der Waals surface area contributed by atoms with Crippen molar-refractivity contribution in [2.75, 3.05) is 20.3 Å². The van der Waals surface area contributed by atoms with Gasteiger partial charge in [0.25, 0.3) is 5.91 Å². The van der Waals surface area contributed by atoms with Crippen LogP contribution >= 0.6 is 11.3 Å². The van der Waals surface area contributed by atoms with Crippen molar-refractivity contribution < 1.29 is 9.53 Å². The van der Waals surface area contributed by atoms with E-state index in [0.29, 0.717) is 31.3 Å². The van der Waals surface area contributed by atoms with Crippen LogP contribution < -0.4 is 0 Å². The Morgan fingerprint density at radius 1 is 1.48 bits per heavy atom. The Balaban J connectivity index is 2.17. The maximum Gasteiger partial charge on any atom is 0.272 e. The molecule has 23 heavy (non-hydrogen) atoms. The van der Waals surface area contributed by atoms with E-state index in [0.717, 1.165) is 17.7 Å². The largest absolute Gasteiger partial charge is 0.383 e. The van der Waals surface area contributed by atoms with E-state index in [1.54, 1.807) is 23.1 Å². The SMILES string of the molecule is COCCN(Cc1ccsc1)C(=O)c1cc(CC(C)C)nn1C. The Morgan fingerprint density at radius 2 is 2.26 bits per heavy atom. The summed E-state index contributed by atoms with van der Waals surface area (Å²) in [5, 5.41) is 8.57. The normalized spacial score (nSPS) is 11.2. The second kappa shape index (κ2) is 8.26. The molecule has 0 aliphatic carbocycles. The number of ether oxygens (including phenoxy) is 1. The van der Waals surface area contributed by atoms with E-state index >= 15 is 0 Å². The topological polar surface area (TPSA) is 47.4 Å². The number of hydrogen-bond donors (Lipinski definition) is 0. The fraction of sp³-hybridized carbons (Fsp3) is 0.529. The van der Waals surface area contributed by atoms with Crippen molar-refractivity contribution >= 4 is 17.2 Å². The maximum atomic E-state index is 12.9. The van der Waals surface area contributed by atoms with Gasteiger partial charge < -0.3 is 9.64 Å². The van der Waals surface area contributed by atoms with Gasteiger partial charge in [-0.2, -0.15) is 16.4 Å². The maximum absolute atomic E-state index is 12.9. The van der Waals surface area contributed by atoms with Crippen LogP contribution in [0.5, 0.6) is 0 Å². The molecule has 0 aliphatic rings. The lowest BCUT2D eigenvalue weighted by Crippen LogP contribution is -2.34. The van der Waals surface area contributed by atoms with Crippen molar-refractivity contribution in [1.82, 2.24) is 14.7 Å². The lowest BCUT2D eigenvalue weighted by atomic mass is 10.1. The number of aromatic nitrogens is 2. The minimum atomic E-state index is -0.00161. The van der Waals surface area contributed by atoms with Gasteiger partial charge in [0.2, 0.25) is 0 Å². The van der Waals surface area contributed by atoms with Crippen LogP contribution in [-0.2, 0) is 24.8 Å². The first-order valence-corrected chi connectivity index (χ1v) is 8.77. The summed E-state index contributed by atoms with van der Waals surface area (Å²) in [5.74, 6) is 0.515. The van der Waals surface area contributed by atoms with Gasteiger partial charge in [-0.25, -0.2) is 0 Å². The third kappa shape index (κ3) is 4.91. The summed E-state index contributed by atoms with van der Waals surface area (Å²) < 4.78 is 6.84. The van der Waals surface area contributed by atoms with Gasteiger partial charge in [0.1, 0.15) is 5.69 Å². The Hall–Kier alpha value is -1.66. The average Bonchev–Trinajstić information content (AvgIpc) is 3.11. The van der Waals surface area contributed by atoms with E-state index < -0.39 is 0 Å². The molecule has 0 fully saturated rings. The molecule has 0 aromatic carbocycles. The van der Waals surface area contributed by atoms with Crippen LogP contribution in [0.4, 0.5) is 0 Å². The van der Waals surface area contributed by atoms with E-state index in [-0.39, 0.29) is 5.91 Å². The van der Waals surface area contributed by atoms with Gasteiger partial charge in [0.15, 0.2) is 0 Å². The van der Waals surface area contributed by atoms with Gasteiger partial charge in [-0.3, -0.25) is 9.48 Å². The number of hydrogen-bond acceptors (Lipinski definition) is 4. The molecular formula is C17H25N3O2S. The molecule has 0 saturated carbocycles. The number of methoxy groups -OCH3 is 1. The number of thiophene rings is 1. The molecule has 6 heteroatoms. The number of rotatable bonds is 8. The van der Waals surface area contributed by atoms with E-state index in [9.17, 15) is 4.79 Å². The van der Waals surface area contributed by atoms with Gasteiger partial charge in [-0.1, -0.05) is 13.8 Å². The van der Waals surface area contributed by atoms with Crippen LogP contribution in [-0.4, -0.2) is 40.8 Å². The second-order valence-electron chi connectivity index (χ2n) is 6.09. The van der Waals surface area contributed by atoms with Gasteiger partial charge in [0, 0.05) is 27.2 Å². The molecule has 0 N–H and O–H groups in total. The molecule has 1 amide bonds. The van der Waals surface area contributed by atoms with Crippen molar-refractivity contribution in [2.45, 2.75) is 26.8 Å². The molecule has 0 saturated heterocycles. The summed E-state index contributed by atoms with van der Waals surface area (Å²) in [6, 6.07) is 3.96. The number of carbonyl (C=O) groups is 1. The number of amides is 1. The van der Waals surface area contributed by atoms with E-state index in [2.05, 4.69) is 24.3 Å². The quantitative estimate of drug-likeness (QED) is 0.745. The number of nitrogens with zero attached hydrogens (tertiary/aromatic N) is 3. The summed E-state index contributed by atoms with van der Waals surface area (Å²) in [6.45, 7) is 5.98. The van der Waals surface area contributed by atoms with E-state index in [1.165, 1.54) is 0 Å². The number of carbonyl (C=O) groups excluding carboxylic acids is 1. The van der Waals surface area contributed by atoms with E-state index in [1.807, 2.05) is 29.5 Å². The zero-order valence-corrected chi connectivity index (χ0v) is 15.1. The van der Waals surface area contributed by atoms with E-state index in [4.69, 9.17) is 4.74 Å². The van der Waals surface area contributed by atoms with Crippen molar-refractivity contribution in [3.05, 3.63) is 39.8 Å². The lowest BCUT2D eigenvalue weighted by molar-refractivity contribution is 0.0670. The Kier molecular flexibility index (Phi) is 6.36. The molecule has 5 nitrogen and oxygen atoms in total. The van der Waals surface area contributed by atoms with Crippen LogP contribution in [0.2, 0.25) is 0 Å². The monoisotopic (exact) mass is 335 g/mol. The molecule has 0 spiro atoms. The summed E-state index contributed by atoms with van der Waals surface area (Å²) >= 11 is 1.64. The Bertz CT molecular complexity index is 620. The minimum Gasteiger partial charge on any atom is -0.383 e. The molecular weight excluding hydrogens is 310 g/mol. The highest BCUT2D eigenvalue weighted by molar-refractivity contribution is 7.07. The van der Waals surface area contributed by atoms with Gasteiger partial charge in [-0.05, 0) is 40.8 Å². The van der Waals surface area contributed by atoms with Crippen molar-refractivity contribution in [3.63, 3.8) is 0 Å². The molecule has 0 radical (unpaired) electrons. The lowest BCUT2D eigenvalue weighted by Gasteiger charge is -2.21. The third-order valence-corrected chi connectivity index (χ3v) is 4.31. The van der Waals surface area contributed by atoms with Crippen molar-refractivity contribution in [1.29, 1.82) is 0 Å². The average molecular weight is 335 g/mol. The van der Waals surface area contributed by atoms with Crippen LogP contribution in [0.25, 0.3) is 0 Å². The third-order valence-electron chi connectivity index (χ3n) is 3.57. The summed E-state index contributed by atoms with van der Waals surface area (Å²) in [5.41, 5.74) is 2.74. The first-order valence-electron chi connectivity index (χ1n) is 7.83. The minimum absolute atomic E-state index is 0.00161. The smallest absolute Gasteiger partial charge is 0.272 e. The highest BCUT2D eigenvalue weighted by atomic mass is 32.1. The zero-order valence-electron chi connectivity index (χ0n) is 14.3. The molecule has 2 aromatic rings. The fourth-order valence-corrected chi connectivity index (χ4v) is 3.12. The first kappa shape index (κ1) is 17.7.